The third-order valence-electron chi connectivity index (χ3n) is 3.50. The molecule has 106 valence electrons. The summed E-state index contributed by atoms with van der Waals surface area (Å²) in [6, 6.07) is 8.62. The van der Waals surface area contributed by atoms with Gasteiger partial charge < -0.3 is 20.3 Å². The van der Waals surface area contributed by atoms with Crippen molar-refractivity contribution in [2.75, 3.05) is 38.1 Å². The number of rotatable bonds is 4. The Hall–Kier alpha value is -1.26. The fourth-order valence-corrected chi connectivity index (χ4v) is 2.58. The Labute approximate surface area is 116 Å². The van der Waals surface area contributed by atoms with Crippen LogP contribution < -0.4 is 15.4 Å². The van der Waals surface area contributed by atoms with Crippen LogP contribution in [0.5, 0.6) is 5.75 Å². The van der Waals surface area contributed by atoms with Gasteiger partial charge in [-0.15, -0.1) is 0 Å². The van der Waals surface area contributed by atoms with Crippen molar-refractivity contribution in [3.63, 3.8) is 0 Å². The van der Waals surface area contributed by atoms with Crippen molar-refractivity contribution in [1.29, 1.82) is 0 Å². The van der Waals surface area contributed by atoms with Gasteiger partial charge >= 0.3 is 0 Å². The molecule has 0 radical (unpaired) electrons. The molecule has 0 aliphatic carbocycles. The Bertz CT molecular complexity index is 408. The summed E-state index contributed by atoms with van der Waals surface area (Å²) in [4.78, 5) is 4.72. The molecule has 0 aromatic heterocycles. The lowest BCUT2D eigenvalue weighted by Gasteiger charge is -2.41. The quantitative estimate of drug-likeness (QED) is 0.895. The SMILES string of the molecule is CC(C)Oc1ccccc1N1CCN(C)CC1CN. The van der Waals surface area contributed by atoms with E-state index in [-0.39, 0.29) is 6.10 Å². The van der Waals surface area contributed by atoms with Crippen molar-refractivity contribution < 1.29 is 4.74 Å². The highest BCUT2D eigenvalue weighted by Crippen LogP contribution is 2.31. The number of anilines is 1. The number of hydrogen-bond acceptors (Lipinski definition) is 4. The highest BCUT2D eigenvalue weighted by Gasteiger charge is 2.26. The molecular formula is C15H25N3O. The van der Waals surface area contributed by atoms with Crippen LogP contribution in [0.25, 0.3) is 0 Å². The molecule has 4 nitrogen and oxygen atoms in total. The molecule has 0 bridgehead atoms. The smallest absolute Gasteiger partial charge is 0.142 e. The van der Waals surface area contributed by atoms with E-state index in [1.807, 2.05) is 12.1 Å². The van der Waals surface area contributed by atoms with Gasteiger partial charge in [-0.05, 0) is 33.0 Å². The Morgan fingerprint density at radius 2 is 2.05 bits per heavy atom. The van der Waals surface area contributed by atoms with Crippen LogP contribution in [0.2, 0.25) is 0 Å². The molecule has 4 heteroatoms. The second-order valence-corrected chi connectivity index (χ2v) is 5.48. The monoisotopic (exact) mass is 263 g/mol. The largest absolute Gasteiger partial charge is 0.489 e. The normalized spacial score (nSPS) is 20.9. The van der Waals surface area contributed by atoms with Crippen LogP contribution >= 0.6 is 0 Å². The number of hydrogen-bond donors (Lipinski definition) is 1. The molecule has 1 aliphatic rings. The standard InChI is InChI=1S/C15H25N3O/c1-12(2)19-15-7-5-4-6-14(15)18-9-8-17(3)11-13(18)10-16/h4-7,12-13H,8-11,16H2,1-3H3. The Morgan fingerprint density at radius 3 is 2.74 bits per heavy atom. The van der Waals surface area contributed by atoms with Crippen LogP contribution in [0.4, 0.5) is 5.69 Å². The number of para-hydroxylation sites is 2. The van der Waals surface area contributed by atoms with Crippen molar-refractivity contribution in [1.82, 2.24) is 4.90 Å². The van der Waals surface area contributed by atoms with Gasteiger partial charge in [-0.2, -0.15) is 0 Å². The summed E-state index contributed by atoms with van der Waals surface area (Å²) in [6.07, 6.45) is 0.185. The Morgan fingerprint density at radius 1 is 1.32 bits per heavy atom. The number of ether oxygens (including phenoxy) is 1. The van der Waals surface area contributed by atoms with E-state index >= 15 is 0 Å². The minimum absolute atomic E-state index is 0.185. The van der Waals surface area contributed by atoms with Gasteiger partial charge in [-0.3, -0.25) is 0 Å². The predicted octanol–water partition coefficient (Wildman–Crippen LogP) is 1.55. The van der Waals surface area contributed by atoms with Crippen molar-refractivity contribution >= 4 is 5.69 Å². The average Bonchev–Trinajstić information content (AvgIpc) is 2.39. The maximum absolute atomic E-state index is 5.94. The Balaban J connectivity index is 2.24. The van der Waals surface area contributed by atoms with Gasteiger partial charge in [0.15, 0.2) is 0 Å². The number of nitrogens with zero attached hydrogens (tertiary/aromatic N) is 2. The van der Waals surface area contributed by atoms with Crippen molar-refractivity contribution in [2.45, 2.75) is 26.0 Å². The predicted molar refractivity (Wildman–Crippen MR) is 79.9 cm³/mol. The lowest BCUT2D eigenvalue weighted by molar-refractivity contribution is 0.237. The summed E-state index contributed by atoms with van der Waals surface area (Å²) < 4.78 is 5.92. The molecule has 1 aliphatic heterocycles. The molecule has 1 aromatic rings. The van der Waals surface area contributed by atoms with Crippen LogP contribution in [-0.2, 0) is 0 Å². The first-order valence-electron chi connectivity index (χ1n) is 7.02. The summed E-state index contributed by atoms with van der Waals surface area (Å²) in [5, 5.41) is 0. The second-order valence-electron chi connectivity index (χ2n) is 5.48. The molecule has 0 spiro atoms. The summed E-state index contributed by atoms with van der Waals surface area (Å²) in [5.41, 5.74) is 7.10. The minimum atomic E-state index is 0.185. The first-order chi connectivity index (χ1) is 9.11. The van der Waals surface area contributed by atoms with Gasteiger partial charge in [0.05, 0.1) is 17.8 Å². The summed E-state index contributed by atoms with van der Waals surface area (Å²) in [5.74, 6) is 0.959. The van der Waals surface area contributed by atoms with Crippen LogP contribution in [0.3, 0.4) is 0 Å². The zero-order chi connectivity index (χ0) is 13.8. The average molecular weight is 263 g/mol. The van der Waals surface area contributed by atoms with Gasteiger partial charge in [0, 0.05) is 26.2 Å². The van der Waals surface area contributed by atoms with E-state index in [1.165, 1.54) is 5.69 Å². The van der Waals surface area contributed by atoms with E-state index in [9.17, 15) is 0 Å². The van der Waals surface area contributed by atoms with Crippen molar-refractivity contribution in [3.05, 3.63) is 24.3 Å². The van der Waals surface area contributed by atoms with E-state index in [1.54, 1.807) is 0 Å². The molecule has 1 unspecified atom stereocenters. The zero-order valence-electron chi connectivity index (χ0n) is 12.2. The van der Waals surface area contributed by atoms with Gasteiger partial charge in [0.25, 0.3) is 0 Å². The topological polar surface area (TPSA) is 41.7 Å². The molecule has 2 rings (SSSR count). The molecule has 1 atom stereocenters. The van der Waals surface area contributed by atoms with Crippen molar-refractivity contribution in [2.24, 2.45) is 5.73 Å². The summed E-state index contributed by atoms with van der Waals surface area (Å²) in [6.45, 7) is 7.85. The molecule has 0 amide bonds. The molecule has 1 saturated heterocycles. The fourth-order valence-electron chi connectivity index (χ4n) is 2.58. The van der Waals surface area contributed by atoms with E-state index in [0.717, 1.165) is 25.4 Å². The second kappa shape index (κ2) is 6.26. The minimum Gasteiger partial charge on any atom is -0.489 e. The van der Waals surface area contributed by atoms with E-state index in [0.29, 0.717) is 12.6 Å². The number of piperazine rings is 1. The number of benzene rings is 1. The highest BCUT2D eigenvalue weighted by molar-refractivity contribution is 5.59. The van der Waals surface area contributed by atoms with Gasteiger partial charge in [-0.1, -0.05) is 12.1 Å². The third-order valence-corrected chi connectivity index (χ3v) is 3.50. The molecule has 1 heterocycles. The molecule has 2 N–H and O–H groups in total. The maximum atomic E-state index is 5.94. The number of nitrogens with two attached hydrogens (primary N) is 1. The summed E-state index contributed by atoms with van der Waals surface area (Å²) >= 11 is 0. The third kappa shape index (κ3) is 3.39. The van der Waals surface area contributed by atoms with Crippen molar-refractivity contribution in [3.8, 4) is 5.75 Å². The molecule has 1 fully saturated rings. The highest BCUT2D eigenvalue weighted by atomic mass is 16.5. The van der Waals surface area contributed by atoms with Crippen LogP contribution in [-0.4, -0.2) is 50.3 Å². The first kappa shape index (κ1) is 14.2. The van der Waals surface area contributed by atoms with Gasteiger partial charge in [-0.25, -0.2) is 0 Å². The van der Waals surface area contributed by atoms with Crippen LogP contribution in [0, 0.1) is 0 Å². The summed E-state index contributed by atoms with van der Waals surface area (Å²) in [7, 11) is 2.15. The van der Waals surface area contributed by atoms with Gasteiger partial charge in [0.2, 0.25) is 0 Å². The lowest BCUT2D eigenvalue weighted by atomic mass is 10.1. The fraction of sp³-hybridized carbons (Fsp3) is 0.600. The first-order valence-corrected chi connectivity index (χ1v) is 7.02. The molecule has 0 saturated carbocycles. The van der Waals surface area contributed by atoms with E-state index in [4.69, 9.17) is 10.5 Å². The van der Waals surface area contributed by atoms with Crippen LogP contribution in [0.15, 0.2) is 24.3 Å². The molecular weight excluding hydrogens is 238 g/mol. The van der Waals surface area contributed by atoms with E-state index in [2.05, 4.69) is 42.8 Å². The van der Waals surface area contributed by atoms with E-state index < -0.39 is 0 Å². The molecule has 1 aromatic carbocycles. The zero-order valence-corrected chi connectivity index (χ0v) is 12.2. The van der Waals surface area contributed by atoms with Crippen LogP contribution in [0.1, 0.15) is 13.8 Å². The van der Waals surface area contributed by atoms with Gasteiger partial charge in [0.1, 0.15) is 5.75 Å². The maximum Gasteiger partial charge on any atom is 0.142 e. The molecule has 19 heavy (non-hydrogen) atoms. The lowest BCUT2D eigenvalue weighted by Crippen LogP contribution is -2.55. The number of likely N-dealkylation sites (N-methyl/N-ethyl adjacent to an activating group) is 1. The Kier molecular flexibility index (Phi) is 4.66.